The van der Waals surface area contributed by atoms with E-state index in [2.05, 4.69) is 18.9 Å². The second-order valence-corrected chi connectivity index (χ2v) is 6.11. The second-order valence-electron chi connectivity index (χ2n) is 6.11. The first-order valence-corrected chi connectivity index (χ1v) is 7.68. The molecule has 0 aliphatic heterocycles. The third-order valence-corrected chi connectivity index (χ3v) is 4.33. The molecule has 0 radical (unpaired) electrons. The van der Waals surface area contributed by atoms with E-state index in [0.717, 1.165) is 25.4 Å². The molecule has 19 heavy (non-hydrogen) atoms. The molecule has 0 saturated heterocycles. The Labute approximate surface area is 118 Å². The van der Waals surface area contributed by atoms with Gasteiger partial charge in [-0.1, -0.05) is 19.8 Å². The summed E-state index contributed by atoms with van der Waals surface area (Å²) in [7, 11) is 4.04. The topological polar surface area (TPSA) is 49.6 Å². The first-order valence-electron chi connectivity index (χ1n) is 7.68. The van der Waals surface area contributed by atoms with Crippen LogP contribution in [-0.4, -0.2) is 55.5 Å². The van der Waals surface area contributed by atoms with Crippen LogP contribution in [0.3, 0.4) is 0 Å². The van der Waals surface area contributed by atoms with E-state index < -0.39 is 0 Å². The quantitative estimate of drug-likeness (QED) is 0.765. The molecule has 0 heterocycles. The van der Waals surface area contributed by atoms with Crippen molar-refractivity contribution in [2.24, 2.45) is 11.7 Å². The van der Waals surface area contributed by atoms with Gasteiger partial charge in [-0.3, -0.25) is 4.79 Å². The van der Waals surface area contributed by atoms with Crippen molar-refractivity contribution in [3.63, 3.8) is 0 Å². The average Bonchev–Trinajstić information content (AvgIpc) is 2.41. The third kappa shape index (κ3) is 5.91. The molecule has 2 atom stereocenters. The van der Waals surface area contributed by atoms with Crippen molar-refractivity contribution in [1.82, 2.24) is 9.80 Å². The summed E-state index contributed by atoms with van der Waals surface area (Å²) < 4.78 is 0. The fourth-order valence-electron chi connectivity index (χ4n) is 2.90. The number of hydrogen-bond donors (Lipinski definition) is 1. The van der Waals surface area contributed by atoms with Crippen molar-refractivity contribution < 1.29 is 4.79 Å². The van der Waals surface area contributed by atoms with Crippen molar-refractivity contribution in [3.8, 4) is 0 Å². The molecule has 1 aliphatic carbocycles. The number of carbonyl (C=O) groups is 1. The maximum Gasteiger partial charge on any atom is 0.223 e. The van der Waals surface area contributed by atoms with Gasteiger partial charge < -0.3 is 15.5 Å². The Morgan fingerprint density at radius 1 is 1.26 bits per heavy atom. The van der Waals surface area contributed by atoms with Crippen LogP contribution in [0.4, 0.5) is 0 Å². The van der Waals surface area contributed by atoms with E-state index in [1.807, 2.05) is 11.9 Å². The lowest BCUT2D eigenvalue weighted by Gasteiger charge is -2.34. The minimum atomic E-state index is 0.240. The fraction of sp³-hybridized carbons (Fsp3) is 0.933. The highest BCUT2D eigenvalue weighted by Crippen LogP contribution is 2.26. The number of amides is 1. The summed E-state index contributed by atoms with van der Waals surface area (Å²) in [6.45, 7) is 4.64. The highest BCUT2D eigenvalue weighted by atomic mass is 16.2. The van der Waals surface area contributed by atoms with Crippen molar-refractivity contribution in [2.45, 2.75) is 51.5 Å². The largest absolute Gasteiger partial charge is 0.346 e. The Kier molecular flexibility index (Phi) is 7.39. The third-order valence-electron chi connectivity index (χ3n) is 4.33. The number of rotatable bonds is 7. The molecule has 0 bridgehead atoms. The van der Waals surface area contributed by atoms with E-state index in [0.29, 0.717) is 19.0 Å². The summed E-state index contributed by atoms with van der Waals surface area (Å²) in [5, 5.41) is 0. The molecule has 1 rings (SSSR count). The highest BCUT2D eigenvalue weighted by molar-refractivity contribution is 5.76. The molecule has 4 nitrogen and oxygen atoms in total. The summed E-state index contributed by atoms with van der Waals surface area (Å²) in [5.41, 5.74) is 5.46. The minimum Gasteiger partial charge on any atom is -0.346 e. The summed E-state index contributed by atoms with van der Waals surface area (Å²) in [6, 6.07) is 0.672. The van der Waals surface area contributed by atoms with Crippen LogP contribution < -0.4 is 5.73 Å². The Balaban J connectivity index is 2.25. The zero-order valence-corrected chi connectivity index (χ0v) is 12.9. The van der Waals surface area contributed by atoms with Crippen LogP contribution in [-0.2, 0) is 4.79 Å². The molecule has 0 aromatic carbocycles. The highest BCUT2D eigenvalue weighted by Gasteiger charge is 2.22. The molecule has 112 valence electrons. The first-order chi connectivity index (χ1) is 9.04. The van der Waals surface area contributed by atoms with E-state index in [1.165, 1.54) is 25.7 Å². The van der Waals surface area contributed by atoms with Crippen molar-refractivity contribution in [1.29, 1.82) is 0 Å². The molecule has 2 N–H and O–H groups in total. The molecule has 2 unspecified atom stereocenters. The van der Waals surface area contributed by atoms with Gasteiger partial charge >= 0.3 is 0 Å². The molecule has 0 aromatic rings. The smallest absolute Gasteiger partial charge is 0.223 e. The van der Waals surface area contributed by atoms with Crippen molar-refractivity contribution >= 4 is 5.91 Å². The molecule has 1 fully saturated rings. The second kappa shape index (κ2) is 8.54. The standard InChI is InChI=1S/C15H31N3O/c1-13-6-4-7-14(12-13)17(2)11-8-15(19)18(3)10-5-9-16/h13-14H,4-12,16H2,1-3H3. The number of nitrogens with two attached hydrogens (primary N) is 1. The van der Waals surface area contributed by atoms with Crippen LogP contribution in [0.15, 0.2) is 0 Å². The minimum absolute atomic E-state index is 0.240. The van der Waals surface area contributed by atoms with Crippen LogP contribution >= 0.6 is 0 Å². The molecule has 1 saturated carbocycles. The Morgan fingerprint density at radius 2 is 2.00 bits per heavy atom. The van der Waals surface area contributed by atoms with Crippen molar-refractivity contribution in [2.75, 3.05) is 33.7 Å². The van der Waals surface area contributed by atoms with Gasteiger partial charge in [0.2, 0.25) is 5.91 Å². The van der Waals surface area contributed by atoms with E-state index >= 15 is 0 Å². The first kappa shape index (κ1) is 16.4. The number of hydrogen-bond acceptors (Lipinski definition) is 3. The van der Waals surface area contributed by atoms with Gasteiger partial charge in [-0.2, -0.15) is 0 Å². The molecule has 0 aromatic heterocycles. The molecule has 0 spiro atoms. The lowest BCUT2D eigenvalue weighted by molar-refractivity contribution is -0.130. The van der Waals surface area contributed by atoms with Crippen molar-refractivity contribution in [3.05, 3.63) is 0 Å². The molecular formula is C15H31N3O. The number of nitrogens with zero attached hydrogens (tertiary/aromatic N) is 2. The zero-order chi connectivity index (χ0) is 14.3. The average molecular weight is 269 g/mol. The summed E-state index contributed by atoms with van der Waals surface area (Å²) in [6.07, 6.45) is 6.79. The van der Waals surface area contributed by atoms with Crippen LogP contribution in [0, 0.1) is 5.92 Å². The maximum absolute atomic E-state index is 12.0. The van der Waals surface area contributed by atoms with Crippen LogP contribution in [0.1, 0.15) is 45.4 Å². The Morgan fingerprint density at radius 3 is 2.63 bits per heavy atom. The van der Waals surface area contributed by atoms with Gasteiger partial charge in [-0.05, 0) is 38.8 Å². The van der Waals surface area contributed by atoms with E-state index in [-0.39, 0.29) is 5.91 Å². The lowest BCUT2D eigenvalue weighted by Crippen LogP contribution is -2.38. The van der Waals surface area contributed by atoms with E-state index in [1.54, 1.807) is 0 Å². The summed E-state index contributed by atoms with van der Waals surface area (Å²) >= 11 is 0. The SMILES string of the molecule is CC1CCCC(N(C)CCC(=O)N(C)CCCN)C1. The molecule has 1 aliphatic rings. The Hall–Kier alpha value is -0.610. The van der Waals surface area contributed by atoms with Crippen LogP contribution in [0.25, 0.3) is 0 Å². The van der Waals surface area contributed by atoms with E-state index in [4.69, 9.17) is 5.73 Å². The van der Waals surface area contributed by atoms with Gasteiger partial charge in [0.05, 0.1) is 0 Å². The van der Waals surface area contributed by atoms with Gasteiger partial charge in [0.15, 0.2) is 0 Å². The van der Waals surface area contributed by atoms with E-state index in [9.17, 15) is 4.79 Å². The van der Waals surface area contributed by atoms with Crippen LogP contribution in [0.5, 0.6) is 0 Å². The maximum atomic E-state index is 12.0. The van der Waals surface area contributed by atoms with Gasteiger partial charge in [-0.25, -0.2) is 0 Å². The van der Waals surface area contributed by atoms with Gasteiger partial charge in [-0.15, -0.1) is 0 Å². The predicted molar refractivity (Wildman–Crippen MR) is 80.0 cm³/mol. The molecular weight excluding hydrogens is 238 g/mol. The summed E-state index contributed by atoms with van der Waals surface area (Å²) in [5.74, 6) is 1.08. The fourth-order valence-corrected chi connectivity index (χ4v) is 2.90. The monoisotopic (exact) mass is 269 g/mol. The zero-order valence-electron chi connectivity index (χ0n) is 12.9. The molecule has 1 amide bonds. The lowest BCUT2D eigenvalue weighted by atomic mass is 9.86. The van der Waals surface area contributed by atoms with Crippen LogP contribution in [0.2, 0.25) is 0 Å². The molecule has 4 heteroatoms. The Bertz CT molecular complexity index is 270. The van der Waals surface area contributed by atoms with Gasteiger partial charge in [0.1, 0.15) is 0 Å². The van der Waals surface area contributed by atoms with Gasteiger partial charge in [0.25, 0.3) is 0 Å². The normalized spacial score (nSPS) is 23.6. The summed E-state index contributed by atoms with van der Waals surface area (Å²) in [4.78, 5) is 16.1. The number of carbonyl (C=O) groups excluding carboxylic acids is 1. The van der Waals surface area contributed by atoms with Gasteiger partial charge in [0, 0.05) is 32.6 Å². The predicted octanol–water partition coefficient (Wildman–Crippen LogP) is 1.69.